The molecule has 9 amide bonds. The quantitative estimate of drug-likeness (QED) is 0.0415. The summed E-state index contributed by atoms with van der Waals surface area (Å²) in [6.45, 7) is 5.06. The van der Waals surface area contributed by atoms with Crippen LogP contribution in [0.3, 0.4) is 0 Å². The predicted molar refractivity (Wildman–Crippen MR) is 265 cm³/mol. The van der Waals surface area contributed by atoms with E-state index < -0.39 is 95.5 Å². The van der Waals surface area contributed by atoms with Gasteiger partial charge in [-0.2, -0.15) is 0 Å². The Hall–Kier alpha value is -7.52. The van der Waals surface area contributed by atoms with E-state index in [9.17, 15) is 43.2 Å². The fourth-order valence-corrected chi connectivity index (χ4v) is 8.12. The number of rotatable bonds is 20. The fraction of sp³-hybridized carbons (Fsp3) is 0.510. The number of carbonyl (C=O) groups excluding carboxylic acids is 9. The first-order valence-electron chi connectivity index (χ1n) is 24.3. The Labute approximate surface area is 413 Å². The Morgan fingerprint density at radius 1 is 0.746 bits per heavy atom. The van der Waals surface area contributed by atoms with E-state index in [1.54, 1.807) is 36.5 Å². The smallest absolute Gasteiger partial charge is 0.247 e. The number of aromatic nitrogens is 1. The van der Waals surface area contributed by atoms with Crippen molar-refractivity contribution in [3.05, 3.63) is 71.9 Å². The summed E-state index contributed by atoms with van der Waals surface area (Å²) in [5.41, 5.74) is 13.1. The van der Waals surface area contributed by atoms with Crippen molar-refractivity contribution in [1.29, 1.82) is 5.41 Å². The van der Waals surface area contributed by atoms with Gasteiger partial charge in [0.2, 0.25) is 53.2 Å². The van der Waals surface area contributed by atoms with Crippen molar-refractivity contribution < 1.29 is 43.2 Å². The molecule has 2 heterocycles. The van der Waals surface area contributed by atoms with Crippen molar-refractivity contribution in [3.8, 4) is 0 Å². The van der Waals surface area contributed by atoms with E-state index >= 15 is 0 Å². The summed E-state index contributed by atoms with van der Waals surface area (Å²) >= 11 is 0. The lowest BCUT2D eigenvalue weighted by molar-refractivity contribution is -0.136. The zero-order valence-electron chi connectivity index (χ0n) is 40.8. The number of H-pyrrole nitrogens is 1. The van der Waals surface area contributed by atoms with Crippen LogP contribution in [-0.2, 0) is 49.6 Å². The number of nitrogens with one attached hydrogen (secondary N) is 11. The maximum absolute atomic E-state index is 14.5. The lowest BCUT2D eigenvalue weighted by Gasteiger charge is -2.28. The highest BCUT2D eigenvalue weighted by Gasteiger charge is 2.35. The molecule has 0 bridgehead atoms. The highest BCUT2D eigenvalue weighted by Crippen LogP contribution is 2.20. The van der Waals surface area contributed by atoms with Crippen LogP contribution in [0.1, 0.15) is 115 Å². The van der Waals surface area contributed by atoms with Crippen LogP contribution < -0.4 is 59.3 Å². The SMILES string of the molecule is CCCCC[C@@H]1NC(=O)[C@@H](NC(=O)[C@H](CCCC)NC(C)=O)CCC(=O)NCC[C@@H](C(=O)N[C@@H](Cc2c[nH]c3ccccc23)C(N)=O)NC(=O)[C@H](CCCNC(=N)N)NC(=O)C(c2ccccc2)NC1=O. The number of unbranched alkanes of at least 4 members (excludes halogenated alkanes) is 3. The Bertz CT molecular complexity index is 2320. The van der Waals surface area contributed by atoms with Crippen LogP contribution in [0.25, 0.3) is 10.9 Å². The summed E-state index contributed by atoms with van der Waals surface area (Å²) in [7, 11) is 0. The van der Waals surface area contributed by atoms with Gasteiger partial charge in [0.1, 0.15) is 42.3 Å². The number of carbonyl (C=O) groups is 9. The van der Waals surface area contributed by atoms with E-state index in [-0.39, 0.29) is 70.4 Å². The summed E-state index contributed by atoms with van der Waals surface area (Å²) in [5.74, 6) is -6.92. The molecule has 3 aromatic rings. The molecule has 1 fully saturated rings. The molecule has 22 nitrogen and oxygen atoms in total. The first-order valence-corrected chi connectivity index (χ1v) is 24.3. The van der Waals surface area contributed by atoms with Gasteiger partial charge in [-0.3, -0.25) is 48.6 Å². The van der Waals surface area contributed by atoms with E-state index in [0.29, 0.717) is 36.8 Å². The normalized spacial score (nSPS) is 20.4. The molecule has 1 aliphatic heterocycles. The Morgan fingerprint density at radius 3 is 2.08 bits per heavy atom. The lowest BCUT2D eigenvalue weighted by atomic mass is 10.0. The molecular weight excluding hydrogens is 915 g/mol. The molecule has 1 saturated heterocycles. The second-order valence-electron chi connectivity index (χ2n) is 17.7. The van der Waals surface area contributed by atoms with Gasteiger partial charge in [0.15, 0.2) is 5.96 Å². The van der Waals surface area contributed by atoms with E-state index in [0.717, 1.165) is 17.3 Å². The second-order valence-corrected chi connectivity index (χ2v) is 17.7. The van der Waals surface area contributed by atoms with Crippen molar-refractivity contribution in [2.75, 3.05) is 13.1 Å². The van der Waals surface area contributed by atoms with Crippen LogP contribution in [0.4, 0.5) is 0 Å². The van der Waals surface area contributed by atoms with Crippen LogP contribution in [-0.4, -0.2) is 113 Å². The average molecular weight is 986 g/mol. The van der Waals surface area contributed by atoms with E-state index in [1.165, 1.54) is 6.92 Å². The van der Waals surface area contributed by atoms with Crippen LogP contribution >= 0.6 is 0 Å². The van der Waals surface area contributed by atoms with Crippen LogP contribution in [0.5, 0.6) is 0 Å². The summed E-state index contributed by atoms with van der Waals surface area (Å²) in [4.78, 5) is 127. The Balaban J connectivity index is 1.74. The molecule has 0 spiro atoms. The molecule has 15 N–H and O–H groups in total. The van der Waals surface area contributed by atoms with Gasteiger partial charge in [0, 0.05) is 50.0 Å². The highest BCUT2D eigenvalue weighted by molar-refractivity contribution is 5.98. The molecule has 22 heteroatoms. The van der Waals surface area contributed by atoms with Gasteiger partial charge >= 0.3 is 0 Å². The lowest BCUT2D eigenvalue weighted by Crippen LogP contribution is -2.58. The van der Waals surface area contributed by atoms with Gasteiger partial charge < -0.3 is 64.3 Å². The number of aromatic amines is 1. The summed E-state index contributed by atoms with van der Waals surface area (Å²) in [6.07, 6.45) is 4.69. The van der Waals surface area contributed by atoms with Crippen LogP contribution in [0, 0.1) is 5.41 Å². The van der Waals surface area contributed by atoms with Crippen LogP contribution in [0.2, 0.25) is 0 Å². The topological polar surface area (TPSA) is 354 Å². The fourth-order valence-electron chi connectivity index (χ4n) is 8.12. The first kappa shape index (κ1) is 56.1. The van der Waals surface area contributed by atoms with E-state index in [1.807, 2.05) is 38.1 Å². The molecule has 1 aliphatic rings. The standard InChI is InChI=1S/C49H71N13O9/c1-4-6-9-20-35-47(70)62-41(30-15-10-8-11-16-30)48(71)60-36(21-14-25-54-49(51)52)44(67)59-38(46(69)61-39(42(50)65)27-31-28-55-33-19-13-12-17-32(31)33)24-26-53-40(64)23-22-37(45(68)57-35)58-43(66)34(18-7-5-2)56-29(3)63/h8,10-13,15-17,19,28,34-39,41,55H,4-7,9,14,18,20-27H2,1-3H3,(H2,50,65)(H,53,64)(H,56,63)(H,57,68)(H,58,66)(H,59,67)(H,60,71)(H,61,69)(H,62,70)(H4,51,52,54)/t34-,35-,36-,37-,38-,39-,41?/m0/s1. The largest absolute Gasteiger partial charge is 0.370 e. The molecule has 1 aromatic heterocycles. The van der Waals surface area contributed by atoms with Gasteiger partial charge in [0.25, 0.3) is 0 Å². The molecule has 2 aromatic carbocycles. The Kier molecular flexibility index (Phi) is 22.8. The van der Waals surface area contributed by atoms with Gasteiger partial charge in [-0.1, -0.05) is 94.5 Å². The third kappa shape index (κ3) is 18.4. The minimum atomic E-state index is -1.43. The van der Waals surface area contributed by atoms with Crippen molar-refractivity contribution in [2.45, 2.75) is 147 Å². The van der Waals surface area contributed by atoms with E-state index in [2.05, 4.69) is 52.8 Å². The monoisotopic (exact) mass is 986 g/mol. The van der Waals surface area contributed by atoms with Crippen molar-refractivity contribution in [2.24, 2.45) is 11.5 Å². The van der Waals surface area contributed by atoms with Gasteiger partial charge in [-0.25, -0.2) is 0 Å². The third-order valence-corrected chi connectivity index (χ3v) is 12.0. The molecular formula is C49H71N13O9. The number of benzene rings is 2. The molecule has 71 heavy (non-hydrogen) atoms. The van der Waals surface area contributed by atoms with Crippen molar-refractivity contribution in [3.63, 3.8) is 0 Å². The maximum atomic E-state index is 14.5. The number of fused-ring (bicyclic) bond motifs is 1. The molecule has 0 saturated carbocycles. The number of hydrogen-bond donors (Lipinski definition) is 13. The summed E-state index contributed by atoms with van der Waals surface area (Å²) < 4.78 is 0. The van der Waals surface area contributed by atoms with Gasteiger partial charge in [-0.05, 0) is 55.7 Å². The zero-order valence-corrected chi connectivity index (χ0v) is 40.8. The number of para-hydroxylation sites is 1. The van der Waals surface area contributed by atoms with E-state index in [4.69, 9.17) is 16.9 Å². The summed E-state index contributed by atoms with van der Waals surface area (Å²) in [5, 5.41) is 32.6. The minimum absolute atomic E-state index is 0.00811. The predicted octanol–water partition coefficient (Wildman–Crippen LogP) is 0.316. The van der Waals surface area contributed by atoms with Crippen molar-refractivity contribution in [1.82, 2.24) is 52.8 Å². The van der Waals surface area contributed by atoms with Gasteiger partial charge in [0.05, 0.1) is 0 Å². The summed E-state index contributed by atoms with van der Waals surface area (Å²) in [6, 6.07) is 6.51. The average Bonchev–Trinajstić information content (AvgIpc) is 3.75. The number of guanidine groups is 1. The number of hydrogen-bond acceptors (Lipinski definition) is 10. The Morgan fingerprint density at radius 2 is 1.41 bits per heavy atom. The molecule has 386 valence electrons. The van der Waals surface area contributed by atoms with Crippen molar-refractivity contribution >= 4 is 70.0 Å². The number of nitrogens with two attached hydrogens (primary N) is 2. The zero-order chi connectivity index (χ0) is 51.9. The first-order chi connectivity index (χ1) is 34.0. The molecule has 0 aliphatic carbocycles. The van der Waals surface area contributed by atoms with Crippen LogP contribution in [0.15, 0.2) is 60.8 Å². The number of amides is 9. The maximum Gasteiger partial charge on any atom is 0.247 e. The molecule has 4 rings (SSSR count). The molecule has 0 radical (unpaired) electrons. The highest BCUT2D eigenvalue weighted by atomic mass is 16.2. The second kappa shape index (κ2) is 28.8. The van der Waals surface area contributed by atoms with Gasteiger partial charge in [-0.15, -0.1) is 0 Å². The number of primary amides is 1. The molecule has 7 atom stereocenters. The minimum Gasteiger partial charge on any atom is -0.370 e. The third-order valence-electron chi connectivity index (χ3n) is 12.0. The molecule has 1 unspecified atom stereocenters.